The molecule has 0 radical (unpaired) electrons. The fraction of sp³-hybridized carbons (Fsp3) is 0.692. The molecule has 4 heteroatoms. The lowest BCUT2D eigenvalue weighted by Crippen LogP contribution is -2.58. The summed E-state index contributed by atoms with van der Waals surface area (Å²) in [4.78, 5) is 27.4. The molecule has 0 spiro atoms. The zero-order chi connectivity index (χ0) is 13.0. The highest BCUT2D eigenvalue weighted by atomic mass is 16.2. The second-order valence-corrected chi connectivity index (χ2v) is 4.80. The molecular formula is C13H22N2O2. The average Bonchev–Trinajstić information content (AvgIpc) is 2.30. The van der Waals surface area contributed by atoms with Crippen molar-refractivity contribution in [3.63, 3.8) is 0 Å². The molecule has 1 aliphatic rings. The van der Waals surface area contributed by atoms with Crippen molar-refractivity contribution >= 4 is 11.8 Å². The monoisotopic (exact) mass is 238 g/mol. The molecular weight excluding hydrogens is 216 g/mol. The average molecular weight is 238 g/mol. The Bertz CT molecular complexity index is 313. The summed E-state index contributed by atoms with van der Waals surface area (Å²) in [5.41, 5.74) is 0. The number of carbonyl (C=O) groups is 2. The van der Waals surface area contributed by atoms with Gasteiger partial charge in [-0.15, -0.1) is 0 Å². The van der Waals surface area contributed by atoms with E-state index in [0.29, 0.717) is 25.6 Å². The number of likely N-dealkylation sites (N-methyl/N-ethyl adjacent to an activating group) is 1. The second-order valence-electron chi connectivity index (χ2n) is 4.80. The molecule has 17 heavy (non-hydrogen) atoms. The smallest absolute Gasteiger partial charge is 0.246 e. The van der Waals surface area contributed by atoms with E-state index in [1.807, 2.05) is 11.8 Å². The molecule has 1 saturated heterocycles. The van der Waals surface area contributed by atoms with Crippen molar-refractivity contribution in [2.24, 2.45) is 5.92 Å². The Morgan fingerprint density at radius 3 is 2.65 bits per heavy atom. The van der Waals surface area contributed by atoms with Crippen molar-refractivity contribution in [2.45, 2.75) is 33.2 Å². The van der Waals surface area contributed by atoms with E-state index in [9.17, 15) is 9.59 Å². The van der Waals surface area contributed by atoms with Gasteiger partial charge in [-0.1, -0.05) is 20.4 Å². The number of amides is 2. The molecule has 1 rings (SSSR count). The van der Waals surface area contributed by atoms with Gasteiger partial charge in [-0.2, -0.15) is 0 Å². The lowest BCUT2D eigenvalue weighted by molar-refractivity contribution is -0.149. The molecule has 1 fully saturated rings. The fourth-order valence-corrected chi connectivity index (χ4v) is 2.21. The molecule has 2 amide bonds. The molecule has 0 aromatic heterocycles. The van der Waals surface area contributed by atoms with Gasteiger partial charge < -0.3 is 9.80 Å². The topological polar surface area (TPSA) is 40.6 Å². The van der Waals surface area contributed by atoms with Crippen LogP contribution in [0.4, 0.5) is 0 Å². The van der Waals surface area contributed by atoms with E-state index in [2.05, 4.69) is 20.4 Å². The predicted molar refractivity (Wildman–Crippen MR) is 67.4 cm³/mol. The Labute approximate surface area is 103 Å². The molecule has 0 aromatic carbocycles. The maximum atomic E-state index is 12.2. The van der Waals surface area contributed by atoms with Crippen LogP contribution in [-0.2, 0) is 9.59 Å². The van der Waals surface area contributed by atoms with E-state index in [-0.39, 0.29) is 17.9 Å². The number of piperazine rings is 1. The SMILES string of the molecule is C=CC(=O)N1CCN(CC)C(=O)C1CC(C)C. The van der Waals surface area contributed by atoms with Crippen LogP contribution in [0.25, 0.3) is 0 Å². The Morgan fingerprint density at radius 2 is 2.18 bits per heavy atom. The van der Waals surface area contributed by atoms with Gasteiger partial charge in [-0.05, 0) is 25.3 Å². The first kappa shape index (κ1) is 13.7. The summed E-state index contributed by atoms with van der Waals surface area (Å²) in [7, 11) is 0. The van der Waals surface area contributed by atoms with Gasteiger partial charge >= 0.3 is 0 Å². The molecule has 96 valence electrons. The maximum absolute atomic E-state index is 12.2. The van der Waals surface area contributed by atoms with Crippen LogP contribution in [0.1, 0.15) is 27.2 Å². The van der Waals surface area contributed by atoms with Crippen LogP contribution >= 0.6 is 0 Å². The van der Waals surface area contributed by atoms with E-state index in [4.69, 9.17) is 0 Å². The highest BCUT2D eigenvalue weighted by Gasteiger charge is 2.35. The molecule has 1 unspecified atom stereocenters. The van der Waals surface area contributed by atoms with Crippen molar-refractivity contribution in [2.75, 3.05) is 19.6 Å². The fourth-order valence-electron chi connectivity index (χ4n) is 2.21. The quantitative estimate of drug-likeness (QED) is 0.692. The molecule has 0 N–H and O–H groups in total. The maximum Gasteiger partial charge on any atom is 0.246 e. The van der Waals surface area contributed by atoms with Crippen LogP contribution in [0.15, 0.2) is 12.7 Å². The zero-order valence-corrected chi connectivity index (χ0v) is 11.0. The van der Waals surface area contributed by atoms with E-state index >= 15 is 0 Å². The first-order valence-electron chi connectivity index (χ1n) is 6.23. The van der Waals surface area contributed by atoms with E-state index in [0.717, 1.165) is 6.42 Å². The van der Waals surface area contributed by atoms with Gasteiger partial charge in [-0.3, -0.25) is 9.59 Å². The highest BCUT2D eigenvalue weighted by molar-refractivity contribution is 5.93. The van der Waals surface area contributed by atoms with E-state index in [1.165, 1.54) is 6.08 Å². The standard InChI is InChI=1S/C13H22N2O2/c1-5-12(16)15-8-7-14(6-2)13(17)11(15)9-10(3)4/h5,10-11H,1,6-9H2,2-4H3. The summed E-state index contributed by atoms with van der Waals surface area (Å²) in [5, 5.41) is 0. The third-order valence-electron chi connectivity index (χ3n) is 3.12. The number of hydrogen-bond donors (Lipinski definition) is 0. The molecule has 0 aliphatic carbocycles. The summed E-state index contributed by atoms with van der Waals surface area (Å²) < 4.78 is 0. The van der Waals surface area contributed by atoms with Crippen LogP contribution in [-0.4, -0.2) is 47.3 Å². The lowest BCUT2D eigenvalue weighted by atomic mass is 9.99. The van der Waals surface area contributed by atoms with Crippen molar-refractivity contribution in [3.05, 3.63) is 12.7 Å². The molecule has 0 aromatic rings. The van der Waals surface area contributed by atoms with Crippen molar-refractivity contribution in [3.8, 4) is 0 Å². The van der Waals surface area contributed by atoms with Crippen LogP contribution in [0.5, 0.6) is 0 Å². The highest BCUT2D eigenvalue weighted by Crippen LogP contribution is 2.18. The number of hydrogen-bond acceptors (Lipinski definition) is 2. The van der Waals surface area contributed by atoms with Gasteiger partial charge in [0.25, 0.3) is 0 Å². The van der Waals surface area contributed by atoms with Gasteiger partial charge in [0.15, 0.2) is 0 Å². The normalized spacial score (nSPS) is 20.9. The molecule has 1 atom stereocenters. The summed E-state index contributed by atoms with van der Waals surface area (Å²) in [6, 6.07) is -0.311. The summed E-state index contributed by atoms with van der Waals surface area (Å²) in [5.74, 6) is 0.322. The molecule has 1 aliphatic heterocycles. The van der Waals surface area contributed by atoms with Gasteiger partial charge in [0, 0.05) is 19.6 Å². The van der Waals surface area contributed by atoms with Gasteiger partial charge in [0.1, 0.15) is 6.04 Å². The largest absolute Gasteiger partial charge is 0.339 e. The minimum atomic E-state index is -0.311. The second kappa shape index (κ2) is 5.84. The third-order valence-corrected chi connectivity index (χ3v) is 3.12. The Morgan fingerprint density at radius 1 is 1.53 bits per heavy atom. The molecule has 1 heterocycles. The number of nitrogens with zero attached hydrogens (tertiary/aromatic N) is 2. The Kier molecular flexibility index (Phi) is 4.73. The molecule has 0 saturated carbocycles. The summed E-state index contributed by atoms with van der Waals surface area (Å²) in [6.07, 6.45) is 2.01. The van der Waals surface area contributed by atoms with Crippen molar-refractivity contribution in [1.29, 1.82) is 0 Å². The molecule has 0 bridgehead atoms. The van der Waals surface area contributed by atoms with Gasteiger partial charge in [0.05, 0.1) is 0 Å². The summed E-state index contributed by atoms with van der Waals surface area (Å²) in [6.45, 7) is 11.5. The van der Waals surface area contributed by atoms with E-state index in [1.54, 1.807) is 4.90 Å². The first-order valence-corrected chi connectivity index (χ1v) is 6.23. The first-order chi connectivity index (χ1) is 8.01. The summed E-state index contributed by atoms with van der Waals surface area (Å²) >= 11 is 0. The number of carbonyl (C=O) groups excluding carboxylic acids is 2. The molecule has 4 nitrogen and oxygen atoms in total. The van der Waals surface area contributed by atoms with Crippen LogP contribution in [0.3, 0.4) is 0 Å². The Hall–Kier alpha value is -1.32. The van der Waals surface area contributed by atoms with Crippen LogP contribution < -0.4 is 0 Å². The van der Waals surface area contributed by atoms with Gasteiger partial charge in [-0.25, -0.2) is 0 Å². The van der Waals surface area contributed by atoms with Crippen molar-refractivity contribution < 1.29 is 9.59 Å². The minimum absolute atomic E-state index is 0.0719. The zero-order valence-electron chi connectivity index (χ0n) is 11.0. The number of rotatable bonds is 4. The third kappa shape index (κ3) is 3.08. The predicted octanol–water partition coefficient (Wildman–Crippen LogP) is 1.28. The lowest BCUT2D eigenvalue weighted by Gasteiger charge is -2.40. The van der Waals surface area contributed by atoms with Crippen LogP contribution in [0.2, 0.25) is 0 Å². The minimum Gasteiger partial charge on any atom is -0.339 e. The Balaban J connectivity index is 2.87. The van der Waals surface area contributed by atoms with Gasteiger partial charge in [0.2, 0.25) is 11.8 Å². The van der Waals surface area contributed by atoms with E-state index < -0.39 is 0 Å². The van der Waals surface area contributed by atoms with Crippen LogP contribution in [0, 0.1) is 5.92 Å². The van der Waals surface area contributed by atoms with Crippen molar-refractivity contribution in [1.82, 2.24) is 9.80 Å².